The molecule has 0 radical (unpaired) electrons. The van der Waals surface area contributed by atoms with Crippen molar-refractivity contribution in [2.45, 2.75) is 25.7 Å². The van der Waals surface area contributed by atoms with Gasteiger partial charge in [-0.05, 0) is 46.9 Å². The fraction of sp³-hybridized carbons (Fsp3) is 0.222. The molecule has 0 atom stereocenters. The standard InChI is InChI=1S/C18H16O/c1-2-4-18-14-6-5-13(17(18)3-1)7-9-15-11-12-16(19-15)10-8-14/h1-6,11-12H,7-10H2. The van der Waals surface area contributed by atoms with E-state index in [1.54, 1.807) is 0 Å². The van der Waals surface area contributed by atoms with Crippen LogP contribution in [0.2, 0.25) is 0 Å². The first-order chi connectivity index (χ1) is 9.40. The Bertz CT molecular complexity index is 675. The lowest BCUT2D eigenvalue weighted by molar-refractivity contribution is 0.464. The van der Waals surface area contributed by atoms with E-state index < -0.39 is 0 Å². The van der Waals surface area contributed by atoms with Gasteiger partial charge in [-0.3, -0.25) is 0 Å². The highest BCUT2D eigenvalue weighted by atomic mass is 16.3. The van der Waals surface area contributed by atoms with Crippen LogP contribution in [0.5, 0.6) is 0 Å². The van der Waals surface area contributed by atoms with Gasteiger partial charge in [0.25, 0.3) is 0 Å². The quantitative estimate of drug-likeness (QED) is 0.577. The lowest BCUT2D eigenvalue weighted by Gasteiger charge is -2.10. The number of benzene rings is 2. The summed E-state index contributed by atoms with van der Waals surface area (Å²) in [6, 6.07) is 17.6. The van der Waals surface area contributed by atoms with Crippen LogP contribution >= 0.6 is 0 Å². The van der Waals surface area contributed by atoms with E-state index in [4.69, 9.17) is 4.42 Å². The van der Waals surface area contributed by atoms with Crippen molar-refractivity contribution in [1.82, 2.24) is 0 Å². The molecule has 0 N–H and O–H groups in total. The number of rotatable bonds is 0. The van der Waals surface area contributed by atoms with Crippen LogP contribution < -0.4 is 0 Å². The molecule has 1 nitrogen and oxygen atoms in total. The van der Waals surface area contributed by atoms with Crippen molar-refractivity contribution in [1.29, 1.82) is 0 Å². The van der Waals surface area contributed by atoms with E-state index in [9.17, 15) is 0 Å². The van der Waals surface area contributed by atoms with Gasteiger partial charge in [-0.2, -0.15) is 0 Å². The smallest absolute Gasteiger partial charge is 0.104 e. The summed E-state index contributed by atoms with van der Waals surface area (Å²) >= 11 is 0. The molecular weight excluding hydrogens is 232 g/mol. The normalized spacial score (nSPS) is 14.5. The third-order valence-electron chi connectivity index (χ3n) is 4.10. The highest BCUT2D eigenvalue weighted by Gasteiger charge is 2.10. The summed E-state index contributed by atoms with van der Waals surface area (Å²) in [7, 11) is 0. The summed E-state index contributed by atoms with van der Waals surface area (Å²) in [4.78, 5) is 0. The van der Waals surface area contributed by atoms with Crippen LogP contribution in [0.4, 0.5) is 0 Å². The zero-order valence-corrected chi connectivity index (χ0v) is 10.9. The summed E-state index contributed by atoms with van der Waals surface area (Å²) in [5.74, 6) is 2.23. The summed E-state index contributed by atoms with van der Waals surface area (Å²) in [5.41, 5.74) is 2.86. The number of aryl methyl sites for hydroxylation is 4. The molecule has 4 bridgehead atoms. The number of fused-ring (bicyclic) bond motifs is 3. The van der Waals surface area contributed by atoms with Crippen molar-refractivity contribution in [3.8, 4) is 0 Å². The predicted octanol–water partition coefficient (Wildman–Crippen LogP) is 4.32. The van der Waals surface area contributed by atoms with Crippen LogP contribution in [0.3, 0.4) is 0 Å². The first-order valence-electron chi connectivity index (χ1n) is 6.97. The Balaban J connectivity index is 1.92. The van der Waals surface area contributed by atoms with E-state index in [1.807, 2.05) is 0 Å². The van der Waals surface area contributed by atoms with Gasteiger partial charge in [0, 0.05) is 12.8 Å². The van der Waals surface area contributed by atoms with Crippen molar-refractivity contribution in [3.05, 3.63) is 71.2 Å². The largest absolute Gasteiger partial charge is 0.466 e. The van der Waals surface area contributed by atoms with Crippen molar-refractivity contribution < 1.29 is 4.42 Å². The molecule has 19 heavy (non-hydrogen) atoms. The number of hydrogen-bond donors (Lipinski definition) is 0. The molecule has 0 amide bonds. The van der Waals surface area contributed by atoms with E-state index in [-0.39, 0.29) is 0 Å². The molecule has 0 saturated heterocycles. The maximum absolute atomic E-state index is 5.88. The van der Waals surface area contributed by atoms with Crippen molar-refractivity contribution in [2.24, 2.45) is 0 Å². The molecule has 1 heteroatoms. The molecule has 0 spiro atoms. The van der Waals surface area contributed by atoms with Crippen LogP contribution in [0.1, 0.15) is 22.6 Å². The molecule has 2 aliphatic heterocycles. The van der Waals surface area contributed by atoms with Gasteiger partial charge in [0.1, 0.15) is 11.5 Å². The fourth-order valence-corrected chi connectivity index (χ4v) is 3.07. The highest BCUT2D eigenvalue weighted by molar-refractivity contribution is 5.88. The molecule has 1 aromatic heterocycles. The summed E-state index contributed by atoms with van der Waals surface area (Å²) in [5, 5.41) is 2.82. The van der Waals surface area contributed by atoms with Crippen molar-refractivity contribution in [3.63, 3.8) is 0 Å². The molecule has 94 valence electrons. The van der Waals surface area contributed by atoms with E-state index in [0.29, 0.717) is 0 Å². The van der Waals surface area contributed by atoms with Gasteiger partial charge in [-0.1, -0.05) is 36.4 Å². The highest BCUT2D eigenvalue weighted by Crippen LogP contribution is 2.27. The maximum atomic E-state index is 5.88. The second kappa shape index (κ2) is 4.27. The van der Waals surface area contributed by atoms with Gasteiger partial charge in [0.2, 0.25) is 0 Å². The average molecular weight is 248 g/mol. The van der Waals surface area contributed by atoms with Gasteiger partial charge in [-0.25, -0.2) is 0 Å². The SMILES string of the molecule is c1ccc2c3ccc(c2c1)CCc1ccc(o1)CC3. The first kappa shape index (κ1) is 10.9. The summed E-state index contributed by atoms with van der Waals surface area (Å²) in [6.07, 6.45) is 4.08. The minimum atomic E-state index is 0.989. The molecule has 2 aromatic carbocycles. The van der Waals surface area contributed by atoms with E-state index in [1.165, 1.54) is 21.9 Å². The van der Waals surface area contributed by atoms with Crippen molar-refractivity contribution in [2.75, 3.05) is 0 Å². The molecule has 0 fully saturated rings. The van der Waals surface area contributed by atoms with Crippen LogP contribution in [-0.4, -0.2) is 0 Å². The maximum Gasteiger partial charge on any atom is 0.104 e. The fourth-order valence-electron chi connectivity index (χ4n) is 3.07. The van der Waals surface area contributed by atoms with Crippen LogP contribution in [0.25, 0.3) is 10.8 Å². The molecule has 2 aliphatic rings. The number of furan rings is 1. The van der Waals surface area contributed by atoms with E-state index >= 15 is 0 Å². The van der Waals surface area contributed by atoms with Gasteiger partial charge in [0.15, 0.2) is 0 Å². The second-order valence-electron chi connectivity index (χ2n) is 5.30. The minimum Gasteiger partial charge on any atom is -0.466 e. The van der Waals surface area contributed by atoms with Gasteiger partial charge < -0.3 is 4.42 Å². The zero-order chi connectivity index (χ0) is 12.7. The van der Waals surface area contributed by atoms with Crippen LogP contribution in [-0.2, 0) is 25.7 Å². The molecule has 0 aliphatic carbocycles. The van der Waals surface area contributed by atoms with Gasteiger partial charge >= 0.3 is 0 Å². The topological polar surface area (TPSA) is 13.1 Å². The van der Waals surface area contributed by atoms with E-state index in [2.05, 4.69) is 48.5 Å². The summed E-state index contributed by atoms with van der Waals surface area (Å²) < 4.78 is 5.88. The van der Waals surface area contributed by atoms with Crippen LogP contribution in [0, 0.1) is 0 Å². The Morgan fingerprint density at radius 2 is 1.11 bits per heavy atom. The van der Waals surface area contributed by atoms with Crippen LogP contribution in [0.15, 0.2) is 52.9 Å². The Labute approximate surface area is 112 Å². The Morgan fingerprint density at radius 3 is 1.63 bits per heavy atom. The van der Waals surface area contributed by atoms with Crippen molar-refractivity contribution >= 4 is 10.8 Å². The lowest BCUT2D eigenvalue weighted by Crippen LogP contribution is -1.95. The molecule has 3 aromatic rings. The van der Waals surface area contributed by atoms with Gasteiger partial charge in [-0.15, -0.1) is 0 Å². The second-order valence-corrected chi connectivity index (χ2v) is 5.30. The Morgan fingerprint density at radius 1 is 0.579 bits per heavy atom. The minimum absolute atomic E-state index is 0.989. The zero-order valence-electron chi connectivity index (χ0n) is 10.9. The average Bonchev–Trinajstić information content (AvgIpc) is 2.88. The lowest BCUT2D eigenvalue weighted by atomic mass is 9.94. The molecular formula is C18H16O. The predicted molar refractivity (Wildman–Crippen MR) is 77.5 cm³/mol. The third kappa shape index (κ3) is 1.86. The summed E-state index contributed by atoms with van der Waals surface area (Å²) in [6.45, 7) is 0. The molecule has 3 heterocycles. The number of hydrogen-bond acceptors (Lipinski definition) is 1. The molecule has 0 saturated carbocycles. The Hall–Kier alpha value is -2.02. The Kier molecular flexibility index (Phi) is 2.44. The van der Waals surface area contributed by atoms with Gasteiger partial charge in [0.05, 0.1) is 0 Å². The molecule has 0 unspecified atom stereocenters. The van der Waals surface area contributed by atoms with E-state index in [0.717, 1.165) is 37.2 Å². The third-order valence-corrected chi connectivity index (χ3v) is 4.10. The first-order valence-corrected chi connectivity index (χ1v) is 6.97. The monoisotopic (exact) mass is 248 g/mol. The molecule has 5 rings (SSSR count).